The lowest BCUT2D eigenvalue weighted by Crippen LogP contribution is -2.35. The number of rotatable bonds is 4. The fourth-order valence-electron chi connectivity index (χ4n) is 3.42. The van der Waals surface area contributed by atoms with Crippen LogP contribution < -0.4 is 10.3 Å². The molecule has 0 atom stereocenters. The predicted molar refractivity (Wildman–Crippen MR) is 109 cm³/mol. The number of nitrogens with zero attached hydrogens (tertiary/aromatic N) is 2. The van der Waals surface area contributed by atoms with E-state index in [0.29, 0.717) is 5.69 Å². The van der Waals surface area contributed by atoms with Gasteiger partial charge in [0.2, 0.25) is 0 Å². The molecule has 0 aliphatic carbocycles. The van der Waals surface area contributed by atoms with Crippen LogP contribution in [-0.4, -0.2) is 49.3 Å². The number of anilines is 1. The van der Waals surface area contributed by atoms with Gasteiger partial charge in [-0.05, 0) is 29.8 Å². The highest BCUT2D eigenvalue weighted by atomic mass is 16.5. The number of fused-ring (bicyclic) bond motifs is 1. The first-order valence-electron chi connectivity index (χ1n) is 9.46. The molecule has 0 unspecified atom stereocenters. The van der Waals surface area contributed by atoms with Gasteiger partial charge in [0.1, 0.15) is 16.7 Å². The second-order valence-electron chi connectivity index (χ2n) is 7.04. The Morgan fingerprint density at radius 3 is 2.59 bits per heavy atom. The van der Waals surface area contributed by atoms with Crippen LogP contribution in [0, 0.1) is 0 Å². The Bertz CT molecular complexity index is 1080. The van der Waals surface area contributed by atoms with E-state index in [4.69, 9.17) is 9.15 Å². The van der Waals surface area contributed by atoms with E-state index in [1.807, 2.05) is 24.3 Å². The van der Waals surface area contributed by atoms with Gasteiger partial charge in [-0.2, -0.15) is 0 Å². The number of ether oxygens (including phenoxy) is 1. The molecule has 1 aliphatic rings. The van der Waals surface area contributed by atoms with Crippen LogP contribution in [0.2, 0.25) is 0 Å². The second kappa shape index (κ2) is 8.06. The van der Waals surface area contributed by atoms with Crippen LogP contribution in [0.15, 0.2) is 57.7 Å². The molecular weight excluding hydrogens is 372 g/mol. The van der Waals surface area contributed by atoms with Crippen molar-refractivity contribution in [2.75, 3.05) is 38.3 Å². The fourth-order valence-corrected chi connectivity index (χ4v) is 3.42. The number of carbonyl (C=O) groups is 1. The zero-order chi connectivity index (χ0) is 20.4. The topological polar surface area (TPSA) is 83.2 Å². The quantitative estimate of drug-likeness (QED) is 0.732. The highest BCUT2D eigenvalue weighted by Gasteiger charge is 2.19. The number of amides is 1. The predicted octanol–water partition coefficient (Wildman–Crippen LogP) is 2.61. The van der Waals surface area contributed by atoms with Crippen LogP contribution in [0.5, 0.6) is 5.75 Å². The number of carbonyl (C=O) groups excluding carboxylic acids is 1. The molecule has 3 aromatic rings. The average molecular weight is 394 g/mol. The van der Waals surface area contributed by atoms with E-state index in [1.165, 1.54) is 11.0 Å². The number of morpholine rings is 1. The van der Waals surface area contributed by atoms with Crippen molar-refractivity contribution in [1.29, 1.82) is 0 Å². The lowest BCUT2D eigenvalue weighted by molar-refractivity contribution is 0.0342. The van der Waals surface area contributed by atoms with Crippen LogP contribution in [0.25, 0.3) is 11.0 Å². The number of benzene rings is 2. The van der Waals surface area contributed by atoms with Crippen LogP contribution >= 0.6 is 0 Å². The summed E-state index contributed by atoms with van der Waals surface area (Å²) in [5, 5.41) is 9.92. The lowest BCUT2D eigenvalue weighted by Gasteiger charge is -2.26. The summed E-state index contributed by atoms with van der Waals surface area (Å²) in [4.78, 5) is 28.9. The van der Waals surface area contributed by atoms with Gasteiger partial charge < -0.3 is 19.2 Å². The molecule has 2 aromatic carbocycles. The molecule has 1 fully saturated rings. The monoisotopic (exact) mass is 394 g/mol. The largest absolute Gasteiger partial charge is 0.507 e. The Morgan fingerprint density at radius 2 is 1.86 bits per heavy atom. The lowest BCUT2D eigenvalue weighted by atomic mass is 10.1. The molecule has 1 N–H and O–H groups in total. The van der Waals surface area contributed by atoms with E-state index in [-0.39, 0.29) is 22.5 Å². The van der Waals surface area contributed by atoms with Gasteiger partial charge in [0, 0.05) is 38.4 Å². The molecule has 1 saturated heterocycles. The van der Waals surface area contributed by atoms with Crippen molar-refractivity contribution < 1.29 is 19.1 Å². The van der Waals surface area contributed by atoms with Gasteiger partial charge in [-0.3, -0.25) is 14.5 Å². The molecule has 1 aromatic heterocycles. The number of phenols is 1. The minimum absolute atomic E-state index is 0.0687. The minimum Gasteiger partial charge on any atom is -0.507 e. The van der Waals surface area contributed by atoms with Gasteiger partial charge in [-0.15, -0.1) is 0 Å². The van der Waals surface area contributed by atoms with Crippen LogP contribution in [0.4, 0.5) is 5.69 Å². The van der Waals surface area contributed by atoms with Crippen molar-refractivity contribution in [1.82, 2.24) is 4.90 Å². The maximum absolute atomic E-state index is 12.8. The second-order valence-corrected chi connectivity index (χ2v) is 7.04. The summed E-state index contributed by atoms with van der Waals surface area (Å²) in [6.07, 6.45) is 0. The first kappa shape index (κ1) is 19.2. The number of phenolic OH excluding ortho intramolecular Hbond substituents is 1. The highest BCUT2D eigenvalue weighted by Crippen LogP contribution is 2.23. The van der Waals surface area contributed by atoms with Crippen molar-refractivity contribution in [3.05, 3.63) is 70.1 Å². The molecule has 150 valence electrons. The Hall–Kier alpha value is -3.16. The Morgan fingerprint density at radius 1 is 1.14 bits per heavy atom. The molecule has 2 heterocycles. The summed E-state index contributed by atoms with van der Waals surface area (Å²) in [7, 11) is 1.63. The summed E-state index contributed by atoms with van der Waals surface area (Å²) in [5.74, 6) is -0.680. The summed E-state index contributed by atoms with van der Waals surface area (Å²) >= 11 is 0. The SMILES string of the molecule is CN(C(=O)c1cc(=O)c2c(O)cccc2o1)c1ccc(CN2CCOCC2)cc1. The summed E-state index contributed by atoms with van der Waals surface area (Å²) in [5.41, 5.74) is 1.57. The molecular formula is C22H22N2O5. The van der Waals surface area contributed by atoms with Crippen LogP contribution in [-0.2, 0) is 11.3 Å². The maximum atomic E-state index is 12.8. The van der Waals surface area contributed by atoms with E-state index in [9.17, 15) is 14.7 Å². The van der Waals surface area contributed by atoms with E-state index >= 15 is 0 Å². The third kappa shape index (κ3) is 4.01. The Labute approximate surface area is 167 Å². The van der Waals surface area contributed by atoms with Gasteiger partial charge >= 0.3 is 0 Å². The molecule has 0 saturated carbocycles. The molecule has 1 aliphatic heterocycles. The molecule has 1 amide bonds. The number of aromatic hydroxyl groups is 1. The molecule has 7 heteroatoms. The van der Waals surface area contributed by atoms with Gasteiger partial charge in [0.25, 0.3) is 5.91 Å². The van der Waals surface area contributed by atoms with Gasteiger partial charge in [0.15, 0.2) is 11.2 Å². The summed E-state index contributed by atoms with van der Waals surface area (Å²) < 4.78 is 10.9. The van der Waals surface area contributed by atoms with E-state index in [1.54, 1.807) is 19.2 Å². The van der Waals surface area contributed by atoms with Crippen molar-refractivity contribution >= 4 is 22.6 Å². The normalized spacial score (nSPS) is 14.8. The third-order valence-corrected chi connectivity index (χ3v) is 5.08. The van der Waals surface area contributed by atoms with Crippen molar-refractivity contribution in [2.45, 2.75) is 6.54 Å². The van der Waals surface area contributed by atoms with Crippen LogP contribution in [0.1, 0.15) is 16.1 Å². The molecule has 0 radical (unpaired) electrons. The molecule has 4 rings (SSSR count). The zero-order valence-electron chi connectivity index (χ0n) is 16.1. The number of hydrogen-bond acceptors (Lipinski definition) is 6. The average Bonchev–Trinajstić information content (AvgIpc) is 2.74. The zero-order valence-corrected chi connectivity index (χ0v) is 16.1. The van der Waals surface area contributed by atoms with E-state index in [2.05, 4.69) is 4.90 Å². The fraction of sp³-hybridized carbons (Fsp3) is 0.273. The smallest absolute Gasteiger partial charge is 0.293 e. The van der Waals surface area contributed by atoms with Crippen LogP contribution in [0.3, 0.4) is 0 Å². The van der Waals surface area contributed by atoms with Crippen molar-refractivity contribution in [2.24, 2.45) is 0 Å². The molecule has 0 spiro atoms. The highest BCUT2D eigenvalue weighted by molar-refractivity contribution is 6.04. The van der Waals surface area contributed by atoms with Gasteiger partial charge in [-0.1, -0.05) is 18.2 Å². The standard InChI is InChI=1S/C22H22N2O5/c1-23(16-7-5-15(6-8-16)14-24-9-11-28-12-10-24)22(27)20-13-18(26)21-17(25)3-2-4-19(21)29-20/h2-8,13,25H,9-12,14H2,1H3. The number of hydrogen-bond donors (Lipinski definition) is 1. The van der Waals surface area contributed by atoms with E-state index in [0.717, 1.165) is 44.5 Å². The first-order valence-corrected chi connectivity index (χ1v) is 9.46. The Balaban J connectivity index is 1.53. The first-order chi connectivity index (χ1) is 14.0. The van der Waals surface area contributed by atoms with Gasteiger partial charge in [-0.25, -0.2) is 0 Å². The summed E-state index contributed by atoms with van der Waals surface area (Å²) in [6, 6.07) is 13.4. The van der Waals surface area contributed by atoms with Crippen molar-refractivity contribution in [3.63, 3.8) is 0 Å². The molecule has 29 heavy (non-hydrogen) atoms. The van der Waals surface area contributed by atoms with Gasteiger partial charge in [0.05, 0.1) is 13.2 Å². The molecule has 0 bridgehead atoms. The Kier molecular flexibility index (Phi) is 5.33. The minimum atomic E-state index is -0.457. The third-order valence-electron chi connectivity index (χ3n) is 5.08. The molecule has 7 nitrogen and oxygen atoms in total. The summed E-state index contributed by atoms with van der Waals surface area (Å²) in [6.45, 7) is 4.17. The van der Waals surface area contributed by atoms with E-state index < -0.39 is 11.3 Å². The van der Waals surface area contributed by atoms with Crippen molar-refractivity contribution in [3.8, 4) is 5.75 Å². The maximum Gasteiger partial charge on any atom is 0.293 e.